The summed E-state index contributed by atoms with van der Waals surface area (Å²) in [6.45, 7) is 6.09. The SMILES string of the molecule is COc1cc2c(Oc3ccc(NC(=O)Nc4cccc([N+](=O)[O-])c4)cc3F)ccnc2cc1OCCCN1CCC(C)CC1. The Hall–Kier alpha value is -4.97. The number of rotatable bonds is 11. The number of nitro benzene ring substituents is 1. The molecule has 1 aromatic heterocycles. The molecule has 0 unspecified atom stereocenters. The molecule has 0 spiro atoms. The van der Waals surface area contributed by atoms with Crippen molar-refractivity contribution < 1.29 is 28.3 Å². The van der Waals surface area contributed by atoms with Crippen LogP contribution < -0.4 is 24.8 Å². The molecule has 3 aromatic carbocycles. The second-order valence-electron chi connectivity index (χ2n) is 10.7. The van der Waals surface area contributed by atoms with Gasteiger partial charge in [0.25, 0.3) is 5.69 Å². The summed E-state index contributed by atoms with van der Waals surface area (Å²) < 4.78 is 32.6. The molecule has 2 amide bonds. The van der Waals surface area contributed by atoms with Crippen LogP contribution in [-0.4, -0.2) is 54.2 Å². The van der Waals surface area contributed by atoms with Crippen LogP contribution in [0.1, 0.15) is 26.2 Å². The first-order valence-corrected chi connectivity index (χ1v) is 14.4. The Kier molecular flexibility index (Phi) is 9.70. The number of carbonyl (C=O) groups excluding carboxylic acids is 1. The minimum atomic E-state index is -0.710. The van der Waals surface area contributed by atoms with Gasteiger partial charge in [-0.3, -0.25) is 15.1 Å². The number of likely N-dealkylation sites (tertiary alicyclic amines) is 1. The topological polar surface area (TPSA) is 128 Å². The van der Waals surface area contributed by atoms with Gasteiger partial charge in [0.15, 0.2) is 23.1 Å². The zero-order valence-corrected chi connectivity index (χ0v) is 24.5. The van der Waals surface area contributed by atoms with E-state index in [1.165, 1.54) is 49.2 Å². The van der Waals surface area contributed by atoms with E-state index in [0.717, 1.165) is 38.0 Å². The summed E-state index contributed by atoms with van der Waals surface area (Å²) in [6.07, 6.45) is 4.94. The monoisotopic (exact) mass is 603 g/mol. The van der Waals surface area contributed by atoms with Crippen molar-refractivity contribution in [2.24, 2.45) is 5.92 Å². The van der Waals surface area contributed by atoms with Gasteiger partial charge >= 0.3 is 6.03 Å². The summed E-state index contributed by atoms with van der Waals surface area (Å²) in [7, 11) is 1.56. The minimum absolute atomic E-state index is 0.0615. The molecule has 0 radical (unpaired) electrons. The number of fused-ring (bicyclic) bond motifs is 1. The minimum Gasteiger partial charge on any atom is -0.493 e. The molecule has 2 N–H and O–H groups in total. The Morgan fingerprint density at radius 2 is 1.80 bits per heavy atom. The van der Waals surface area contributed by atoms with Gasteiger partial charge in [-0.05, 0) is 68.6 Å². The third-order valence-electron chi connectivity index (χ3n) is 7.46. The number of ether oxygens (including phenoxy) is 3. The molecule has 0 atom stereocenters. The lowest BCUT2D eigenvalue weighted by Crippen LogP contribution is -2.34. The molecule has 5 rings (SSSR count). The van der Waals surface area contributed by atoms with Crippen molar-refractivity contribution in [3.8, 4) is 23.0 Å². The van der Waals surface area contributed by atoms with Crippen molar-refractivity contribution >= 4 is 34.0 Å². The number of hydrogen-bond acceptors (Lipinski definition) is 8. The summed E-state index contributed by atoms with van der Waals surface area (Å²) >= 11 is 0. The van der Waals surface area contributed by atoms with Gasteiger partial charge in [-0.1, -0.05) is 13.0 Å². The fourth-order valence-electron chi connectivity index (χ4n) is 5.02. The third-order valence-corrected chi connectivity index (χ3v) is 7.46. The number of halogens is 1. The van der Waals surface area contributed by atoms with E-state index in [1.54, 1.807) is 31.5 Å². The van der Waals surface area contributed by atoms with Crippen molar-refractivity contribution in [3.05, 3.63) is 82.8 Å². The Bertz CT molecular complexity index is 1640. The molecule has 1 saturated heterocycles. The maximum absolute atomic E-state index is 15.1. The summed E-state index contributed by atoms with van der Waals surface area (Å²) in [5.41, 5.74) is 0.812. The number of nitro groups is 1. The second-order valence-corrected chi connectivity index (χ2v) is 10.7. The Morgan fingerprint density at radius 3 is 2.52 bits per heavy atom. The average Bonchev–Trinajstić information content (AvgIpc) is 3.01. The number of urea groups is 1. The third kappa shape index (κ3) is 7.70. The molecule has 2 heterocycles. The van der Waals surface area contributed by atoms with E-state index >= 15 is 4.39 Å². The summed E-state index contributed by atoms with van der Waals surface area (Å²) in [4.78, 5) is 29.7. The van der Waals surface area contributed by atoms with Gasteiger partial charge in [-0.2, -0.15) is 0 Å². The molecular formula is C32H34FN5O6. The number of nitrogens with one attached hydrogen (secondary N) is 2. The number of piperidine rings is 1. The van der Waals surface area contributed by atoms with Crippen LogP contribution in [0.4, 0.5) is 26.2 Å². The van der Waals surface area contributed by atoms with Gasteiger partial charge in [-0.25, -0.2) is 9.18 Å². The average molecular weight is 604 g/mol. The first-order chi connectivity index (χ1) is 21.3. The van der Waals surface area contributed by atoms with Crippen LogP contribution in [0.25, 0.3) is 10.9 Å². The van der Waals surface area contributed by atoms with Crippen LogP contribution in [-0.2, 0) is 0 Å². The Labute approximate surface area is 254 Å². The number of amides is 2. The van der Waals surface area contributed by atoms with Crippen molar-refractivity contribution in [2.75, 3.05) is 44.0 Å². The second kappa shape index (κ2) is 14.0. The predicted octanol–water partition coefficient (Wildman–Crippen LogP) is 7.23. The van der Waals surface area contributed by atoms with Gasteiger partial charge in [0.1, 0.15) is 5.75 Å². The first-order valence-electron chi connectivity index (χ1n) is 14.4. The molecule has 0 aliphatic carbocycles. The predicted molar refractivity (Wildman–Crippen MR) is 165 cm³/mol. The van der Waals surface area contributed by atoms with Crippen LogP contribution in [0.3, 0.4) is 0 Å². The smallest absolute Gasteiger partial charge is 0.323 e. The number of benzene rings is 3. The molecule has 0 bridgehead atoms. The summed E-state index contributed by atoms with van der Waals surface area (Å²) in [5, 5.41) is 16.6. The molecular weight excluding hydrogens is 569 g/mol. The molecule has 0 saturated carbocycles. The lowest BCUT2D eigenvalue weighted by molar-refractivity contribution is -0.384. The van der Waals surface area contributed by atoms with Gasteiger partial charge in [0.05, 0.1) is 24.2 Å². The highest BCUT2D eigenvalue weighted by molar-refractivity contribution is 6.00. The number of nitrogens with zero attached hydrogens (tertiary/aromatic N) is 3. The Morgan fingerprint density at radius 1 is 1.02 bits per heavy atom. The molecule has 44 heavy (non-hydrogen) atoms. The summed E-state index contributed by atoms with van der Waals surface area (Å²) in [5.74, 6) is 1.47. The van der Waals surface area contributed by atoms with Gasteiger partial charge in [0, 0.05) is 53.8 Å². The number of aromatic nitrogens is 1. The molecule has 4 aromatic rings. The van der Waals surface area contributed by atoms with Crippen LogP contribution in [0.5, 0.6) is 23.0 Å². The van der Waals surface area contributed by atoms with Crippen LogP contribution in [0.2, 0.25) is 0 Å². The molecule has 1 aliphatic rings. The zero-order chi connectivity index (χ0) is 31.1. The number of pyridine rings is 1. The molecule has 230 valence electrons. The van der Waals surface area contributed by atoms with Crippen molar-refractivity contribution in [3.63, 3.8) is 0 Å². The van der Waals surface area contributed by atoms with Crippen molar-refractivity contribution in [2.45, 2.75) is 26.2 Å². The van der Waals surface area contributed by atoms with Crippen LogP contribution in [0, 0.1) is 21.8 Å². The van der Waals surface area contributed by atoms with E-state index in [0.29, 0.717) is 34.8 Å². The van der Waals surface area contributed by atoms with E-state index in [4.69, 9.17) is 14.2 Å². The number of non-ortho nitro benzene ring substituents is 1. The standard InChI is InChI=1S/C32H34FN5O6/c1-21-10-14-37(15-11-21)13-4-16-43-31-20-27-25(19-30(31)42-2)28(9-12-34-27)44-29-8-7-23(18-26(29)33)36-32(39)35-22-5-3-6-24(17-22)38(40)41/h3,5-9,12,17-21H,4,10-11,13-16H2,1-2H3,(H2,35,36,39). The zero-order valence-electron chi connectivity index (χ0n) is 24.5. The Balaban J connectivity index is 1.22. The fourth-order valence-corrected chi connectivity index (χ4v) is 5.02. The van der Waals surface area contributed by atoms with Crippen molar-refractivity contribution in [1.29, 1.82) is 0 Å². The number of carbonyl (C=O) groups is 1. The number of hydrogen-bond donors (Lipinski definition) is 2. The highest BCUT2D eigenvalue weighted by Gasteiger charge is 2.17. The lowest BCUT2D eigenvalue weighted by atomic mass is 9.99. The normalized spacial score (nSPS) is 13.8. The quantitative estimate of drug-likeness (QED) is 0.104. The van der Waals surface area contributed by atoms with E-state index in [-0.39, 0.29) is 22.8 Å². The van der Waals surface area contributed by atoms with Gasteiger partial charge < -0.3 is 29.7 Å². The largest absolute Gasteiger partial charge is 0.493 e. The number of methoxy groups -OCH3 is 1. The van der Waals surface area contributed by atoms with Gasteiger partial charge in [-0.15, -0.1) is 0 Å². The molecule has 1 aliphatic heterocycles. The van der Waals surface area contributed by atoms with Gasteiger partial charge in [0.2, 0.25) is 0 Å². The van der Waals surface area contributed by atoms with Crippen LogP contribution in [0.15, 0.2) is 66.9 Å². The maximum atomic E-state index is 15.1. The van der Waals surface area contributed by atoms with Crippen LogP contribution >= 0.6 is 0 Å². The van der Waals surface area contributed by atoms with E-state index in [1.807, 2.05) is 0 Å². The number of anilines is 2. The highest BCUT2D eigenvalue weighted by atomic mass is 19.1. The molecule has 12 heteroatoms. The van der Waals surface area contributed by atoms with E-state index < -0.39 is 16.8 Å². The highest BCUT2D eigenvalue weighted by Crippen LogP contribution is 2.38. The molecule has 1 fully saturated rings. The first kappa shape index (κ1) is 30.5. The summed E-state index contributed by atoms with van der Waals surface area (Å²) in [6, 6.07) is 13.9. The van der Waals surface area contributed by atoms with Crippen molar-refractivity contribution in [1.82, 2.24) is 9.88 Å². The molecule has 11 nitrogen and oxygen atoms in total. The van der Waals surface area contributed by atoms with E-state index in [9.17, 15) is 14.9 Å². The lowest BCUT2D eigenvalue weighted by Gasteiger charge is -2.30. The van der Waals surface area contributed by atoms with E-state index in [2.05, 4.69) is 27.4 Å². The maximum Gasteiger partial charge on any atom is 0.323 e. The fraction of sp³-hybridized carbons (Fsp3) is 0.312.